The first-order valence-electron chi connectivity index (χ1n) is 12.7. The highest BCUT2D eigenvalue weighted by Gasteiger charge is 2.41. The van der Waals surface area contributed by atoms with Gasteiger partial charge in [-0.2, -0.15) is 30.0 Å². The molecule has 3 heterocycles. The normalized spacial score (nSPS) is 13.7. The molecule has 218 valence electrons. The van der Waals surface area contributed by atoms with Crippen LogP contribution in [0.15, 0.2) is 54.7 Å². The van der Waals surface area contributed by atoms with Gasteiger partial charge in [0.15, 0.2) is 5.78 Å². The molecule has 2 aromatic carbocycles. The molecule has 2 N–H and O–H groups in total. The van der Waals surface area contributed by atoms with E-state index in [0.29, 0.717) is 27.6 Å². The maximum atomic E-state index is 14.2. The lowest BCUT2D eigenvalue weighted by molar-refractivity contribution is -0.145. The summed E-state index contributed by atoms with van der Waals surface area (Å²) >= 11 is 1.30. The number of carbonyl (C=O) groups is 2. The fraction of sp³-hybridized carbons (Fsp3) is 0.241. The van der Waals surface area contributed by atoms with E-state index < -0.39 is 53.5 Å². The van der Waals surface area contributed by atoms with Gasteiger partial charge in [-0.05, 0) is 47.9 Å². The molecule has 5 rings (SSSR count). The van der Waals surface area contributed by atoms with Crippen molar-refractivity contribution in [3.05, 3.63) is 106 Å². The lowest BCUT2D eigenvalue weighted by atomic mass is 9.86. The number of rotatable bonds is 9. The largest absolute Gasteiger partial charge is 0.433 e. The maximum Gasteiger partial charge on any atom is 0.433 e. The van der Waals surface area contributed by atoms with Crippen LogP contribution >= 0.6 is 11.8 Å². The van der Waals surface area contributed by atoms with Crippen LogP contribution in [0, 0.1) is 17.5 Å². The first-order valence-corrected chi connectivity index (χ1v) is 13.8. The second kappa shape index (κ2) is 11.6. The lowest BCUT2D eigenvalue weighted by Gasteiger charge is -2.20. The Balaban J connectivity index is 1.53. The minimum absolute atomic E-state index is 0.0562. The van der Waals surface area contributed by atoms with E-state index in [1.165, 1.54) is 30.1 Å². The van der Waals surface area contributed by atoms with Crippen molar-refractivity contribution in [1.29, 1.82) is 0 Å². The number of nitrogens with two attached hydrogens (primary N) is 1. The van der Waals surface area contributed by atoms with Gasteiger partial charge >= 0.3 is 6.18 Å². The SMILES string of the molecule is NC(=O)c1cc(-c2cccnc2[C@@H](CC(=O)Cn2nc3c(c2C(F)(F)F)CSC3)Cc2cc(F)cc(F)c2)ccc1F. The molecular weight excluding hydrogens is 582 g/mol. The van der Waals surface area contributed by atoms with Crippen LogP contribution in [0.25, 0.3) is 11.1 Å². The first kappa shape index (κ1) is 29.4. The summed E-state index contributed by atoms with van der Waals surface area (Å²) in [5.41, 5.74) is 5.43. The predicted molar refractivity (Wildman–Crippen MR) is 143 cm³/mol. The van der Waals surface area contributed by atoms with Crippen molar-refractivity contribution in [2.75, 3.05) is 0 Å². The fourth-order valence-electron chi connectivity index (χ4n) is 5.15. The van der Waals surface area contributed by atoms with Crippen LogP contribution in [0.2, 0.25) is 0 Å². The number of ketones is 1. The molecule has 0 unspecified atom stereocenters. The molecule has 1 atom stereocenters. The molecule has 0 aliphatic carbocycles. The molecular formula is C29H22F6N4O2S. The quantitative estimate of drug-likeness (QED) is 0.230. The van der Waals surface area contributed by atoms with Crippen LogP contribution in [0.5, 0.6) is 0 Å². The number of primary amides is 1. The summed E-state index contributed by atoms with van der Waals surface area (Å²) in [5, 5.41) is 4.04. The molecule has 1 aliphatic heterocycles. The van der Waals surface area contributed by atoms with Crippen molar-refractivity contribution >= 4 is 23.5 Å². The molecule has 6 nitrogen and oxygen atoms in total. The van der Waals surface area contributed by atoms with E-state index in [-0.39, 0.29) is 46.7 Å². The molecule has 42 heavy (non-hydrogen) atoms. The van der Waals surface area contributed by atoms with Crippen molar-refractivity contribution < 1.29 is 35.9 Å². The summed E-state index contributed by atoms with van der Waals surface area (Å²) < 4.78 is 84.7. The maximum absolute atomic E-state index is 14.2. The van der Waals surface area contributed by atoms with Gasteiger partial charge in [0, 0.05) is 47.2 Å². The van der Waals surface area contributed by atoms with E-state index in [1.54, 1.807) is 12.1 Å². The van der Waals surface area contributed by atoms with Gasteiger partial charge in [0.05, 0.1) is 17.0 Å². The van der Waals surface area contributed by atoms with Crippen LogP contribution < -0.4 is 5.73 Å². The van der Waals surface area contributed by atoms with E-state index >= 15 is 0 Å². The zero-order valence-electron chi connectivity index (χ0n) is 21.7. The molecule has 1 amide bonds. The van der Waals surface area contributed by atoms with Gasteiger partial charge in [0.2, 0.25) is 0 Å². The number of carbonyl (C=O) groups excluding carboxylic acids is 2. The Bertz CT molecular complexity index is 1670. The summed E-state index contributed by atoms with van der Waals surface area (Å²) in [6.45, 7) is -0.676. The molecule has 4 aromatic rings. The third kappa shape index (κ3) is 6.20. The number of benzene rings is 2. The minimum Gasteiger partial charge on any atom is -0.366 e. The van der Waals surface area contributed by atoms with Crippen molar-refractivity contribution in [2.24, 2.45) is 5.73 Å². The molecule has 0 bridgehead atoms. The molecule has 0 fully saturated rings. The van der Waals surface area contributed by atoms with E-state index in [0.717, 1.165) is 18.2 Å². The molecule has 0 spiro atoms. The summed E-state index contributed by atoms with van der Waals surface area (Å²) in [6.07, 6.45) is -3.77. The van der Waals surface area contributed by atoms with Gasteiger partial charge in [-0.1, -0.05) is 12.1 Å². The number of pyridine rings is 1. The van der Waals surface area contributed by atoms with Gasteiger partial charge in [0.1, 0.15) is 29.7 Å². The molecule has 0 saturated carbocycles. The number of fused-ring (bicyclic) bond motifs is 1. The zero-order valence-corrected chi connectivity index (χ0v) is 22.5. The van der Waals surface area contributed by atoms with Crippen LogP contribution in [0.3, 0.4) is 0 Å². The first-order chi connectivity index (χ1) is 19.9. The van der Waals surface area contributed by atoms with Gasteiger partial charge in [-0.3, -0.25) is 19.3 Å². The van der Waals surface area contributed by atoms with E-state index in [1.807, 2.05) is 0 Å². The van der Waals surface area contributed by atoms with Crippen LogP contribution in [-0.2, 0) is 35.4 Å². The number of hydrogen-bond acceptors (Lipinski definition) is 5. The number of nitrogens with zero attached hydrogens (tertiary/aromatic N) is 3. The number of hydrogen-bond donors (Lipinski definition) is 1. The zero-order chi connectivity index (χ0) is 30.2. The van der Waals surface area contributed by atoms with Crippen molar-refractivity contribution in [1.82, 2.24) is 14.8 Å². The summed E-state index contributed by atoms with van der Waals surface area (Å²) in [6, 6.07) is 9.66. The van der Waals surface area contributed by atoms with Crippen molar-refractivity contribution in [3.8, 4) is 11.1 Å². The second-order valence-corrected chi connectivity index (χ2v) is 10.8. The van der Waals surface area contributed by atoms with E-state index in [2.05, 4.69) is 10.1 Å². The highest BCUT2D eigenvalue weighted by atomic mass is 32.2. The lowest BCUT2D eigenvalue weighted by Crippen LogP contribution is -2.22. The van der Waals surface area contributed by atoms with E-state index in [9.17, 15) is 35.9 Å². The average Bonchev–Trinajstić information content (AvgIpc) is 3.48. The molecule has 2 aromatic heterocycles. The number of alkyl halides is 3. The molecule has 0 saturated heterocycles. The summed E-state index contributed by atoms with van der Waals surface area (Å²) in [7, 11) is 0. The Morgan fingerprint density at radius 1 is 1.02 bits per heavy atom. The Morgan fingerprint density at radius 3 is 2.45 bits per heavy atom. The van der Waals surface area contributed by atoms with Crippen molar-refractivity contribution in [3.63, 3.8) is 0 Å². The molecule has 13 heteroatoms. The monoisotopic (exact) mass is 604 g/mol. The van der Waals surface area contributed by atoms with Gasteiger partial charge < -0.3 is 5.73 Å². The van der Waals surface area contributed by atoms with Crippen molar-refractivity contribution in [2.45, 2.75) is 43.0 Å². The van der Waals surface area contributed by atoms with Gasteiger partial charge in [-0.15, -0.1) is 0 Å². The number of amides is 1. The van der Waals surface area contributed by atoms with Crippen LogP contribution in [0.4, 0.5) is 26.3 Å². The summed E-state index contributed by atoms with van der Waals surface area (Å²) in [5.74, 6) is -4.60. The average molecular weight is 605 g/mol. The van der Waals surface area contributed by atoms with Crippen LogP contribution in [-0.4, -0.2) is 26.5 Å². The number of thioether (sulfide) groups is 1. The highest BCUT2D eigenvalue weighted by molar-refractivity contribution is 7.98. The smallest absolute Gasteiger partial charge is 0.366 e. The third-order valence-corrected chi connectivity index (χ3v) is 7.83. The number of halogens is 6. The highest BCUT2D eigenvalue weighted by Crippen LogP contribution is 2.40. The Morgan fingerprint density at radius 2 is 1.76 bits per heavy atom. The topological polar surface area (TPSA) is 90.9 Å². The summed E-state index contributed by atoms with van der Waals surface area (Å²) in [4.78, 5) is 29.5. The minimum atomic E-state index is -4.72. The second-order valence-electron chi connectivity index (χ2n) is 9.84. The molecule has 1 aliphatic rings. The molecule has 0 radical (unpaired) electrons. The van der Waals surface area contributed by atoms with Crippen LogP contribution in [0.1, 0.15) is 50.9 Å². The van der Waals surface area contributed by atoms with E-state index in [4.69, 9.17) is 5.73 Å². The number of aromatic nitrogens is 3. The Labute approximate surface area is 239 Å². The Hall–Kier alpha value is -4.13. The fourth-order valence-corrected chi connectivity index (χ4v) is 6.19. The Kier molecular flexibility index (Phi) is 8.13. The van der Waals surface area contributed by atoms with Gasteiger partial charge in [0.25, 0.3) is 5.91 Å². The third-order valence-electron chi connectivity index (χ3n) is 6.86. The predicted octanol–water partition coefficient (Wildman–Crippen LogP) is 6.21. The standard InChI is InChI=1S/C29H22F6N4O2S/c30-18-7-15(8-19(31)11-18)6-17(9-20(40)12-39-27(29(33,34)35)23-13-42-14-25(23)38-39)26-21(2-1-5-37-26)16-3-4-24(32)22(10-16)28(36)41/h1-5,7-8,10-11,17H,6,9,12-14H2,(H2,36,41)/t17-/m1/s1. The number of Topliss-reactive ketones (excluding diaryl/α,β-unsaturated/α-hetero) is 1. The van der Waals surface area contributed by atoms with Gasteiger partial charge in [-0.25, -0.2) is 13.2 Å².